The lowest BCUT2D eigenvalue weighted by Gasteiger charge is -2.33. The summed E-state index contributed by atoms with van der Waals surface area (Å²) in [6.45, 7) is 6.05. The van der Waals surface area contributed by atoms with Crippen LogP contribution in [0.3, 0.4) is 0 Å². The number of alkyl halides is 3. The Morgan fingerprint density at radius 1 is 1.24 bits per heavy atom. The van der Waals surface area contributed by atoms with E-state index in [0.29, 0.717) is 57.3 Å². The summed E-state index contributed by atoms with van der Waals surface area (Å²) in [5.41, 5.74) is 1.19. The molecule has 1 unspecified atom stereocenters. The fourth-order valence-electron chi connectivity index (χ4n) is 4.14. The number of halogens is 3. The molecule has 2 amide bonds. The minimum Gasteiger partial charge on any atom is -0.472 e. The highest BCUT2D eigenvalue weighted by atomic mass is 19.4. The molecule has 0 radical (unpaired) electrons. The standard InChI is InChI=1S/C24H29F3N4O3/c1-15(2)21-29-20-9-12-33-11-8-19(20)22(30-21)34-18-7-4-10-31(14-18)23(32)28-17-6-3-5-16(13-17)24(25,26)27/h3,5-6,13,15,18H,4,7-12,14H2,1-2H3,(H,28,32). The Balaban J connectivity index is 1.46. The Bertz CT molecular complexity index is 1030. The molecule has 1 N–H and O–H groups in total. The summed E-state index contributed by atoms with van der Waals surface area (Å²) in [5, 5.41) is 2.58. The second kappa shape index (κ2) is 10.2. The molecule has 1 fully saturated rings. The molecular formula is C24H29F3N4O3. The van der Waals surface area contributed by atoms with Gasteiger partial charge in [0.2, 0.25) is 5.88 Å². The topological polar surface area (TPSA) is 76.6 Å². The number of urea groups is 1. The van der Waals surface area contributed by atoms with Gasteiger partial charge in [-0.3, -0.25) is 0 Å². The summed E-state index contributed by atoms with van der Waals surface area (Å²) in [4.78, 5) is 23.7. The number of benzene rings is 1. The Kier molecular flexibility index (Phi) is 7.25. The number of rotatable bonds is 4. The summed E-state index contributed by atoms with van der Waals surface area (Å²) in [6.07, 6.45) is -1.92. The number of anilines is 1. The predicted molar refractivity (Wildman–Crippen MR) is 120 cm³/mol. The van der Waals surface area contributed by atoms with Gasteiger partial charge in [0.1, 0.15) is 11.9 Å². The summed E-state index contributed by atoms with van der Waals surface area (Å²) in [7, 11) is 0. The smallest absolute Gasteiger partial charge is 0.416 e. The number of amides is 2. The van der Waals surface area contributed by atoms with Crippen molar-refractivity contribution in [1.29, 1.82) is 0 Å². The van der Waals surface area contributed by atoms with Gasteiger partial charge in [-0.1, -0.05) is 19.9 Å². The van der Waals surface area contributed by atoms with Crippen molar-refractivity contribution in [3.05, 3.63) is 46.9 Å². The van der Waals surface area contributed by atoms with Crippen LogP contribution >= 0.6 is 0 Å². The number of carbonyl (C=O) groups is 1. The van der Waals surface area contributed by atoms with E-state index in [0.717, 1.165) is 29.8 Å². The van der Waals surface area contributed by atoms with Gasteiger partial charge in [0.05, 0.1) is 31.0 Å². The van der Waals surface area contributed by atoms with Crippen LogP contribution in [0.4, 0.5) is 23.7 Å². The van der Waals surface area contributed by atoms with Gasteiger partial charge >= 0.3 is 12.2 Å². The van der Waals surface area contributed by atoms with Crippen LogP contribution in [-0.4, -0.2) is 53.3 Å². The molecule has 2 aliphatic rings. The SMILES string of the molecule is CC(C)c1nc2c(c(OC3CCCN(C(=O)Nc4cccc(C(F)(F)F)c4)C3)n1)CCOCC2. The molecule has 1 aromatic carbocycles. The maximum absolute atomic E-state index is 13.0. The van der Waals surface area contributed by atoms with Gasteiger partial charge in [0, 0.05) is 36.6 Å². The van der Waals surface area contributed by atoms with Crippen molar-refractivity contribution in [2.24, 2.45) is 0 Å². The average molecular weight is 479 g/mol. The molecule has 1 atom stereocenters. The lowest BCUT2D eigenvalue weighted by molar-refractivity contribution is -0.137. The van der Waals surface area contributed by atoms with Crippen molar-refractivity contribution >= 4 is 11.7 Å². The fourth-order valence-corrected chi connectivity index (χ4v) is 4.14. The van der Waals surface area contributed by atoms with E-state index in [2.05, 4.69) is 10.3 Å². The first kappa shape index (κ1) is 24.3. The van der Waals surface area contributed by atoms with Gasteiger partial charge in [-0.15, -0.1) is 0 Å². The highest BCUT2D eigenvalue weighted by Gasteiger charge is 2.31. The van der Waals surface area contributed by atoms with Crippen LogP contribution in [-0.2, 0) is 23.8 Å². The lowest BCUT2D eigenvalue weighted by atomic mass is 10.1. The molecule has 184 valence electrons. The first-order chi connectivity index (χ1) is 16.2. The number of aromatic nitrogens is 2. The molecule has 0 saturated carbocycles. The minimum atomic E-state index is -4.47. The highest BCUT2D eigenvalue weighted by Crippen LogP contribution is 2.31. The molecule has 0 aliphatic carbocycles. The zero-order valence-electron chi connectivity index (χ0n) is 19.3. The number of nitrogens with one attached hydrogen (secondary N) is 1. The minimum absolute atomic E-state index is 0.102. The quantitative estimate of drug-likeness (QED) is 0.683. The van der Waals surface area contributed by atoms with Gasteiger partial charge in [-0.2, -0.15) is 18.2 Å². The van der Waals surface area contributed by atoms with Crippen LogP contribution in [0.1, 0.15) is 55.3 Å². The first-order valence-electron chi connectivity index (χ1n) is 11.6. The van der Waals surface area contributed by atoms with E-state index in [1.807, 2.05) is 13.8 Å². The Morgan fingerprint density at radius 3 is 2.79 bits per heavy atom. The first-order valence-corrected chi connectivity index (χ1v) is 11.6. The van der Waals surface area contributed by atoms with Crippen molar-refractivity contribution in [2.45, 2.75) is 57.7 Å². The highest BCUT2D eigenvalue weighted by molar-refractivity contribution is 5.89. The number of fused-ring (bicyclic) bond motifs is 1. The van der Waals surface area contributed by atoms with Crippen LogP contribution in [0.5, 0.6) is 5.88 Å². The third-order valence-electron chi connectivity index (χ3n) is 5.95. The van der Waals surface area contributed by atoms with Crippen LogP contribution in [0.2, 0.25) is 0 Å². The summed E-state index contributed by atoms with van der Waals surface area (Å²) < 4.78 is 50.9. The molecule has 2 aromatic rings. The van der Waals surface area contributed by atoms with Gasteiger partial charge < -0.3 is 19.7 Å². The Morgan fingerprint density at radius 2 is 2.03 bits per heavy atom. The number of likely N-dealkylation sites (tertiary alicyclic amines) is 1. The van der Waals surface area contributed by atoms with E-state index in [4.69, 9.17) is 14.5 Å². The van der Waals surface area contributed by atoms with Crippen molar-refractivity contribution in [3.63, 3.8) is 0 Å². The van der Waals surface area contributed by atoms with E-state index in [9.17, 15) is 18.0 Å². The zero-order chi connectivity index (χ0) is 24.3. The third-order valence-corrected chi connectivity index (χ3v) is 5.95. The van der Waals surface area contributed by atoms with E-state index >= 15 is 0 Å². The van der Waals surface area contributed by atoms with Crippen molar-refractivity contribution in [2.75, 3.05) is 31.6 Å². The largest absolute Gasteiger partial charge is 0.472 e. The molecular weight excluding hydrogens is 449 g/mol. The number of hydrogen-bond acceptors (Lipinski definition) is 5. The van der Waals surface area contributed by atoms with Crippen LogP contribution in [0.15, 0.2) is 24.3 Å². The van der Waals surface area contributed by atoms with Gasteiger partial charge in [-0.25, -0.2) is 9.78 Å². The molecule has 3 heterocycles. The third kappa shape index (κ3) is 5.78. The van der Waals surface area contributed by atoms with Crippen LogP contribution in [0, 0.1) is 0 Å². The molecule has 1 saturated heterocycles. The number of carbonyl (C=O) groups excluding carboxylic acids is 1. The van der Waals surface area contributed by atoms with Crippen molar-refractivity contribution < 1.29 is 27.4 Å². The van der Waals surface area contributed by atoms with Crippen molar-refractivity contribution in [3.8, 4) is 5.88 Å². The van der Waals surface area contributed by atoms with Gasteiger partial charge in [-0.05, 0) is 31.0 Å². The fraction of sp³-hybridized carbons (Fsp3) is 0.542. The number of piperidine rings is 1. The number of ether oxygens (including phenoxy) is 2. The van der Waals surface area contributed by atoms with Crippen LogP contribution in [0.25, 0.3) is 0 Å². The molecule has 0 bridgehead atoms. The second-order valence-corrected chi connectivity index (χ2v) is 8.92. The molecule has 0 spiro atoms. The van der Waals surface area contributed by atoms with Crippen LogP contribution < -0.4 is 10.1 Å². The molecule has 7 nitrogen and oxygen atoms in total. The summed E-state index contributed by atoms with van der Waals surface area (Å²) >= 11 is 0. The van der Waals surface area contributed by atoms with E-state index in [1.165, 1.54) is 12.1 Å². The number of nitrogens with zero attached hydrogens (tertiary/aromatic N) is 3. The van der Waals surface area contributed by atoms with E-state index < -0.39 is 17.8 Å². The predicted octanol–water partition coefficient (Wildman–Crippen LogP) is 4.81. The average Bonchev–Trinajstić information content (AvgIpc) is 3.04. The molecule has 2 aliphatic heterocycles. The zero-order valence-corrected chi connectivity index (χ0v) is 19.3. The van der Waals surface area contributed by atoms with E-state index in [1.54, 1.807) is 4.90 Å². The van der Waals surface area contributed by atoms with Crippen molar-refractivity contribution in [1.82, 2.24) is 14.9 Å². The Hall–Kier alpha value is -2.88. The molecule has 4 rings (SSSR count). The van der Waals surface area contributed by atoms with E-state index in [-0.39, 0.29) is 17.7 Å². The summed E-state index contributed by atoms with van der Waals surface area (Å²) in [5.74, 6) is 1.40. The maximum Gasteiger partial charge on any atom is 0.416 e. The normalized spacial score (nSPS) is 18.9. The number of hydrogen-bond donors (Lipinski definition) is 1. The lowest BCUT2D eigenvalue weighted by Crippen LogP contribution is -2.46. The Labute approximate surface area is 196 Å². The maximum atomic E-state index is 13.0. The monoisotopic (exact) mass is 478 g/mol. The second-order valence-electron chi connectivity index (χ2n) is 8.92. The van der Waals surface area contributed by atoms with Gasteiger partial charge in [0.15, 0.2) is 0 Å². The molecule has 1 aromatic heterocycles. The van der Waals surface area contributed by atoms with Gasteiger partial charge in [0.25, 0.3) is 0 Å². The summed E-state index contributed by atoms with van der Waals surface area (Å²) in [6, 6.07) is 4.17. The molecule has 34 heavy (non-hydrogen) atoms. The molecule has 10 heteroatoms.